The van der Waals surface area contributed by atoms with Gasteiger partial charge in [-0.1, -0.05) is 24.3 Å². The van der Waals surface area contributed by atoms with Crippen molar-refractivity contribution in [2.24, 2.45) is 5.10 Å². The predicted molar refractivity (Wildman–Crippen MR) is 49.8 cm³/mol. The number of hydrazone groups is 1. The Labute approximate surface area is 76.3 Å². The van der Waals surface area contributed by atoms with Gasteiger partial charge in [-0.3, -0.25) is 0 Å². The van der Waals surface area contributed by atoms with Crippen LogP contribution in [0.3, 0.4) is 0 Å². The summed E-state index contributed by atoms with van der Waals surface area (Å²) in [5, 5.41) is 3.60. The zero-order chi connectivity index (χ0) is 9.31. The molecule has 0 aromatic heterocycles. The van der Waals surface area contributed by atoms with E-state index in [4.69, 9.17) is 0 Å². The second-order valence-electron chi connectivity index (χ2n) is 2.81. The van der Waals surface area contributed by atoms with E-state index in [1.54, 1.807) is 6.07 Å². The van der Waals surface area contributed by atoms with Crippen molar-refractivity contribution < 1.29 is 8.42 Å². The summed E-state index contributed by atoms with van der Waals surface area (Å²) in [7, 11) is -3.28. The molecule has 0 aliphatic carbocycles. The largest absolute Gasteiger partial charge is 0.251 e. The van der Waals surface area contributed by atoms with Crippen LogP contribution in [0, 0.1) is 0 Å². The summed E-state index contributed by atoms with van der Waals surface area (Å²) in [6, 6.07) is 7.28. The maximum absolute atomic E-state index is 11.2. The summed E-state index contributed by atoms with van der Waals surface area (Å²) in [4.78, 5) is 2.11. The predicted octanol–water partition coefficient (Wildman–Crippen LogP) is 0.454. The first-order chi connectivity index (χ1) is 6.17. The Morgan fingerprint density at radius 1 is 1.31 bits per heavy atom. The summed E-state index contributed by atoms with van der Waals surface area (Å²) in [5.74, 6) is -0.0107. The standard InChI is InChI=1S/C8H8N2O2S/c11-13(12)6-8-4-2-1-3-7(8)5-9-10-13/h1-5,10H,6H2. The lowest BCUT2D eigenvalue weighted by Crippen LogP contribution is -2.18. The highest BCUT2D eigenvalue weighted by molar-refractivity contribution is 7.88. The Balaban J connectivity index is 2.55. The van der Waals surface area contributed by atoms with E-state index < -0.39 is 10.0 Å². The lowest BCUT2D eigenvalue weighted by atomic mass is 10.1. The minimum absolute atomic E-state index is 0.0107. The van der Waals surface area contributed by atoms with Gasteiger partial charge in [-0.15, -0.1) is 0 Å². The third kappa shape index (κ3) is 1.70. The zero-order valence-corrected chi connectivity index (χ0v) is 7.58. The monoisotopic (exact) mass is 196 g/mol. The number of hydrogen-bond acceptors (Lipinski definition) is 3. The van der Waals surface area contributed by atoms with Crippen LogP contribution in [0.25, 0.3) is 0 Å². The maximum Gasteiger partial charge on any atom is 0.251 e. The molecule has 0 saturated heterocycles. The zero-order valence-electron chi connectivity index (χ0n) is 6.77. The Morgan fingerprint density at radius 2 is 2.08 bits per heavy atom. The lowest BCUT2D eigenvalue weighted by molar-refractivity contribution is 0.584. The molecule has 2 rings (SSSR count). The van der Waals surface area contributed by atoms with Crippen molar-refractivity contribution in [1.82, 2.24) is 4.83 Å². The minimum Gasteiger partial charge on any atom is -0.205 e. The van der Waals surface area contributed by atoms with E-state index in [9.17, 15) is 8.42 Å². The van der Waals surface area contributed by atoms with Crippen molar-refractivity contribution in [2.45, 2.75) is 5.75 Å². The maximum atomic E-state index is 11.2. The summed E-state index contributed by atoms with van der Waals surface area (Å²) >= 11 is 0. The summed E-state index contributed by atoms with van der Waals surface area (Å²) in [6.07, 6.45) is 1.51. The van der Waals surface area contributed by atoms with Gasteiger partial charge >= 0.3 is 0 Å². The number of nitrogens with zero attached hydrogens (tertiary/aromatic N) is 1. The lowest BCUT2D eigenvalue weighted by Gasteiger charge is -2.00. The van der Waals surface area contributed by atoms with Gasteiger partial charge in [0.25, 0.3) is 10.0 Å². The van der Waals surface area contributed by atoms with Crippen LogP contribution in [-0.2, 0) is 15.8 Å². The fraction of sp³-hybridized carbons (Fsp3) is 0.125. The van der Waals surface area contributed by atoms with Gasteiger partial charge in [0.15, 0.2) is 0 Å². The van der Waals surface area contributed by atoms with Crippen LogP contribution in [0.5, 0.6) is 0 Å². The summed E-state index contributed by atoms with van der Waals surface area (Å²) in [6.45, 7) is 0. The molecule has 1 aliphatic heterocycles. The number of sulfonamides is 1. The molecule has 1 N–H and O–H groups in total. The number of nitrogens with one attached hydrogen (secondary N) is 1. The number of hydrogen-bond donors (Lipinski definition) is 1. The summed E-state index contributed by atoms with van der Waals surface area (Å²) in [5.41, 5.74) is 1.62. The van der Waals surface area contributed by atoms with Crippen LogP contribution in [0.15, 0.2) is 29.4 Å². The van der Waals surface area contributed by atoms with Crippen LogP contribution >= 0.6 is 0 Å². The van der Waals surface area contributed by atoms with E-state index in [1.807, 2.05) is 18.2 Å². The van der Waals surface area contributed by atoms with Crippen molar-refractivity contribution in [1.29, 1.82) is 0 Å². The molecule has 0 saturated carbocycles. The fourth-order valence-electron chi connectivity index (χ4n) is 1.20. The van der Waals surface area contributed by atoms with Gasteiger partial charge in [-0.05, 0) is 11.1 Å². The SMILES string of the molecule is O=S1(=O)Cc2ccccc2C=NN1. The van der Waals surface area contributed by atoms with Crippen molar-refractivity contribution in [3.05, 3.63) is 35.4 Å². The molecule has 1 heterocycles. The summed E-state index contributed by atoms with van der Waals surface area (Å²) < 4.78 is 22.4. The molecule has 0 unspecified atom stereocenters. The molecule has 13 heavy (non-hydrogen) atoms. The van der Waals surface area contributed by atoms with Gasteiger partial charge in [0.05, 0.1) is 12.0 Å². The molecular formula is C8H8N2O2S. The highest BCUT2D eigenvalue weighted by Gasteiger charge is 2.14. The van der Waals surface area contributed by atoms with Gasteiger partial charge in [-0.25, -0.2) is 13.2 Å². The second kappa shape index (κ2) is 2.85. The van der Waals surface area contributed by atoms with Crippen LogP contribution in [0.4, 0.5) is 0 Å². The average molecular weight is 196 g/mol. The highest BCUT2D eigenvalue weighted by atomic mass is 32.2. The van der Waals surface area contributed by atoms with Crippen LogP contribution < -0.4 is 4.83 Å². The Bertz CT molecular complexity index is 451. The first kappa shape index (κ1) is 8.25. The van der Waals surface area contributed by atoms with Gasteiger partial charge in [0.1, 0.15) is 0 Å². The molecule has 4 nitrogen and oxygen atoms in total. The molecule has 1 aliphatic rings. The van der Waals surface area contributed by atoms with Gasteiger partial charge in [0.2, 0.25) is 0 Å². The van der Waals surface area contributed by atoms with E-state index >= 15 is 0 Å². The third-order valence-electron chi connectivity index (χ3n) is 1.80. The van der Waals surface area contributed by atoms with E-state index in [1.165, 1.54) is 6.21 Å². The molecule has 0 spiro atoms. The smallest absolute Gasteiger partial charge is 0.205 e. The normalized spacial score (nSPS) is 18.5. The average Bonchev–Trinajstić information content (AvgIpc) is 2.21. The minimum atomic E-state index is -3.28. The topological polar surface area (TPSA) is 58.5 Å². The van der Waals surface area contributed by atoms with Gasteiger partial charge < -0.3 is 0 Å². The Hall–Kier alpha value is -1.36. The molecular weight excluding hydrogens is 188 g/mol. The van der Waals surface area contributed by atoms with Crippen molar-refractivity contribution in [3.8, 4) is 0 Å². The number of rotatable bonds is 0. The van der Waals surface area contributed by atoms with Gasteiger partial charge in [-0.2, -0.15) is 5.10 Å². The van der Waals surface area contributed by atoms with E-state index in [0.29, 0.717) is 0 Å². The van der Waals surface area contributed by atoms with Crippen LogP contribution in [0.2, 0.25) is 0 Å². The molecule has 68 valence electrons. The molecule has 1 aromatic rings. The highest BCUT2D eigenvalue weighted by Crippen LogP contribution is 2.12. The molecule has 0 bridgehead atoms. The molecule has 1 aromatic carbocycles. The number of benzene rings is 1. The van der Waals surface area contributed by atoms with Crippen LogP contribution in [0.1, 0.15) is 11.1 Å². The second-order valence-corrected chi connectivity index (χ2v) is 4.51. The van der Waals surface area contributed by atoms with Gasteiger partial charge in [0, 0.05) is 0 Å². The van der Waals surface area contributed by atoms with Crippen molar-refractivity contribution in [3.63, 3.8) is 0 Å². The molecule has 0 fully saturated rings. The molecule has 0 radical (unpaired) electrons. The molecule has 5 heteroatoms. The third-order valence-corrected chi connectivity index (χ3v) is 2.87. The molecule has 0 amide bonds. The van der Waals surface area contributed by atoms with E-state index in [-0.39, 0.29) is 5.75 Å². The van der Waals surface area contributed by atoms with Crippen molar-refractivity contribution >= 4 is 16.2 Å². The van der Waals surface area contributed by atoms with E-state index in [2.05, 4.69) is 9.93 Å². The fourth-order valence-corrected chi connectivity index (χ4v) is 2.15. The van der Waals surface area contributed by atoms with E-state index in [0.717, 1.165) is 11.1 Å². The van der Waals surface area contributed by atoms with Crippen LogP contribution in [-0.4, -0.2) is 14.6 Å². The van der Waals surface area contributed by atoms with Crippen molar-refractivity contribution in [2.75, 3.05) is 0 Å². The quantitative estimate of drug-likeness (QED) is 0.655. The number of fused-ring (bicyclic) bond motifs is 1. The first-order valence-corrected chi connectivity index (χ1v) is 5.43. The first-order valence-electron chi connectivity index (χ1n) is 3.78. The Kier molecular flexibility index (Phi) is 1.81. The Morgan fingerprint density at radius 3 is 2.92 bits per heavy atom. The molecule has 0 atom stereocenters.